The van der Waals surface area contributed by atoms with E-state index in [1.165, 1.54) is 0 Å². The smallest absolute Gasteiger partial charge is 0.143 e. The van der Waals surface area contributed by atoms with E-state index >= 15 is 0 Å². The highest BCUT2D eigenvalue weighted by Crippen LogP contribution is 2.25. The van der Waals surface area contributed by atoms with Crippen molar-refractivity contribution in [1.29, 1.82) is 0 Å². The summed E-state index contributed by atoms with van der Waals surface area (Å²) < 4.78 is 0. The predicted octanol–water partition coefficient (Wildman–Crippen LogP) is 1.26. The second-order valence-electron chi connectivity index (χ2n) is 3.94. The first kappa shape index (κ1) is 10.4. The van der Waals surface area contributed by atoms with Gasteiger partial charge >= 0.3 is 0 Å². The molecule has 0 aliphatic heterocycles. The van der Waals surface area contributed by atoms with Crippen molar-refractivity contribution in [3.8, 4) is 0 Å². The molecule has 0 radical (unpaired) electrons. The van der Waals surface area contributed by atoms with E-state index in [4.69, 9.17) is 5.21 Å². The number of nitrogens with one attached hydrogen (secondary N) is 1. The maximum atomic E-state index is 10.8. The zero-order chi connectivity index (χ0) is 10.0. The minimum absolute atomic E-state index is 0.384. The summed E-state index contributed by atoms with van der Waals surface area (Å²) in [6.07, 6.45) is 4.72. The molecule has 0 spiro atoms. The highest BCUT2D eigenvalue weighted by Gasteiger charge is 2.21. The standard InChI is InChI=1S/C10H17NO2/c1-7(2)9-5-4-8(3)10(6-9)11(12)13/h4-5,7,9,11-12H,6H2,1-3H3. The number of quaternary nitrogens is 1. The van der Waals surface area contributed by atoms with E-state index in [1.54, 1.807) is 0 Å². The van der Waals surface area contributed by atoms with E-state index in [1.807, 2.05) is 13.0 Å². The Morgan fingerprint density at radius 1 is 1.62 bits per heavy atom. The topological polar surface area (TPSA) is 47.7 Å². The second kappa shape index (κ2) is 4.05. The first-order valence-corrected chi connectivity index (χ1v) is 4.63. The summed E-state index contributed by atoms with van der Waals surface area (Å²) in [4.78, 5) is 0. The van der Waals surface area contributed by atoms with Gasteiger partial charge in [0.15, 0.2) is 0 Å². The monoisotopic (exact) mass is 183 g/mol. The van der Waals surface area contributed by atoms with Gasteiger partial charge in [-0.1, -0.05) is 26.0 Å². The van der Waals surface area contributed by atoms with Crippen molar-refractivity contribution in [2.45, 2.75) is 27.2 Å². The van der Waals surface area contributed by atoms with Gasteiger partial charge in [0.2, 0.25) is 0 Å². The highest BCUT2D eigenvalue weighted by molar-refractivity contribution is 5.25. The number of hydrogen-bond donors (Lipinski definition) is 2. The lowest BCUT2D eigenvalue weighted by molar-refractivity contribution is -1.02. The number of hydrogen-bond acceptors (Lipinski definition) is 2. The van der Waals surface area contributed by atoms with E-state index < -0.39 is 5.23 Å². The molecule has 3 heteroatoms. The average Bonchev–Trinajstić information content (AvgIpc) is 2.04. The van der Waals surface area contributed by atoms with E-state index in [2.05, 4.69) is 19.9 Å². The molecule has 0 aromatic carbocycles. The first-order chi connectivity index (χ1) is 6.02. The van der Waals surface area contributed by atoms with Gasteiger partial charge in [-0.3, -0.25) is 0 Å². The fraction of sp³-hybridized carbons (Fsp3) is 0.600. The molecule has 2 N–H and O–H groups in total. The number of hydroxylamine groups is 2. The second-order valence-corrected chi connectivity index (χ2v) is 3.94. The molecule has 0 heterocycles. The summed E-state index contributed by atoms with van der Waals surface area (Å²) >= 11 is 0. The molecule has 0 fully saturated rings. The fourth-order valence-electron chi connectivity index (χ4n) is 1.55. The van der Waals surface area contributed by atoms with Gasteiger partial charge < -0.3 is 5.21 Å². The Bertz CT molecular complexity index is 241. The van der Waals surface area contributed by atoms with E-state index in [9.17, 15) is 5.21 Å². The Labute approximate surface area is 78.9 Å². The van der Waals surface area contributed by atoms with E-state index in [0.717, 1.165) is 5.57 Å². The zero-order valence-electron chi connectivity index (χ0n) is 8.37. The zero-order valence-corrected chi connectivity index (χ0v) is 8.37. The van der Waals surface area contributed by atoms with Crippen LogP contribution in [0.15, 0.2) is 23.4 Å². The van der Waals surface area contributed by atoms with Crippen LogP contribution in [0.3, 0.4) is 0 Å². The fourth-order valence-corrected chi connectivity index (χ4v) is 1.55. The Hall–Kier alpha value is -0.640. The Morgan fingerprint density at radius 3 is 2.69 bits per heavy atom. The third-order valence-corrected chi connectivity index (χ3v) is 2.62. The van der Waals surface area contributed by atoms with Gasteiger partial charge in [0, 0.05) is 12.0 Å². The SMILES string of the molecule is CC1=C([NH+]([O-])O)CC(C(C)C)C=C1. The van der Waals surface area contributed by atoms with Crippen LogP contribution in [-0.2, 0) is 0 Å². The van der Waals surface area contributed by atoms with Gasteiger partial charge in [-0.05, 0) is 18.8 Å². The van der Waals surface area contributed by atoms with Crippen LogP contribution in [0.1, 0.15) is 27.2 Å². The first-order valence-electron chi connectivity index (χ1n) is 4.63. The highest BCUT2D eigenvalue weighted by atomic mass is 16.8. The third kappa shape index (κ3) is 2.40. The van der Waals surface area contributed by atoms with Gasteiger partial charge in [-0.2, -0.15) is 5.23 Å². The molecule has 0 saturated carbocycles. The summed E-state index contributed by atoms with van der Waals surface area (Å²) in [7, 11) is 0. The van der Waals surface area contributed by atoms with Crippen molar-refractivity contribution in [1.82, 2.24) is 0 Å². The predicted molar refractivity (Wildman–Crippen MR) is 50.9 cm³/mol. The lowest BCUT2D eigenvalue weighted by Gasteiger charge is -2.25. The quantitative estimate of drug-likeness (QED) is 0.633. The van der Waals surface area contributed by atoms with Crippen molar-refractivity contribution in [3.05, 3.63) is 28.6 Å². The third-order valence-electron chi connectivity index (χ3n) is 2.62. The minimum atomic E-state index is -0.771. The number of allylic oxidation sites excluding steroid dienone is 4. The van der Waals surface area contributed by atoms with Crippen LogP contribution in [0.25, 0.3) is 0 Å². The van der Waals surface area contributed by atoms with Crippen LogP contribution in [0.5, 0.6) is 0 Å². The maximum Gasteiger partial charge on any atom is 0.143 e. The summed E-state index contributed by atoms with van der Waals surface area (Å²) in [5.74, 6) is 0.897. The molecular weight excluding hydrogens is 166 g/mol. The molecule has 0 aromatic heterocycles. The van der Waals surface area contributed by atoms with Crippen molar-refractivity contribution < 1.29 is 10.4 Å². The average molecular weight is 183 g/mol. The lowest BCUT2D eigenvalue weighted by Crippen LogP contribution is -3.02. The Balaban J connectivity index is 2.78. The van der Waals surface area contributed by atoms with Crippen molar-refractivity contribution >= 4 is 0 Å². The van der Waals surface area contributed by atoms with Crippen LogP contribution < -0.4 is 5.23 Å². The molecular formula is C10H17NO2. The van der Waals surface area contributed by atoms with Crippen LogP contribution in [-0.4, -0.2) is 5.21 Å². The summed E-state index contributed by atoms with van der Waals surface area (Å²) in [6.45, 7) is 6.10. The van der Waals surface area contributed by atoms with Gasteiger partial charge in [0.25, 0.3) is 0 Å². The molecule has 2 atom stereocenters. The van der Waals surface area contributed by atoms with Crippen LogP contribution in [0.4, 0.5) is 0 Å². The molecule has 1 aliphatic rings. The Kier molecular flexibility index (Phi) is 3.25. The van der Waals surface area contributed by atoms with E-state index in [-0.39, 0.29) is 0 Å². The lowest BCUT2D eigenvalue weighted by atomic mass is 9.86. The van der Waals surface area contributed by atoms with Gasteiger partial charge in [-0.15, -0.1) is 0 Å². The van der Waals surface area contributed by atoms with E-state index in [0.29, 0.717) is 24.0 Å². The van der Waals surface area contributed by atoms with Gasteiger partial charge in [0.05, 0.1) is 0 Å². The number of rotatable bonds is 2. The molecule has 1 rings (SSSR count). The molecule has 74 valence electrons. The molecule has 0 bridgehead atoms. The van der Waals surface area contributed by atoms with Crippen LogP contribution in [0, 0.1) is 17.0 Å². The maximum absolute atomic E-state index is 10.8. The molecule has 1 aliphatic carbocycles. The van der Waals surface area contributed by atoms with Crippen LogP contribution in [0.2, 0.25) is 0 Å². The molecule has 0 saturated heterocycles. The van der Waals surface area contributed by atoms with Crippen molar-refractivity contribution in [3.63, 3.8) is 0 Å². The van der Waals surface area contributed by atoms with Gasteiger partial charge in [-0.25, -0.2) is 5.21 Å². The normalized spacial score (nSPS) is 25.5. The summed E-state index contributed by atoms with van der Waals surface area (Å²) in [5.41, 5.74) is 1.46. The van der Waals surface area contributed by atoms with Crippen molar-refractivity contribution in [2.24, 2.45) is 11.8 Å². The van der Waals surface area contributed by atoms with Crippen LogP contribution >= 0.6 is 0 Å². The van der Waals surface area contributed by atoms with Gasteiger partial charge in [0.1, 0.15) is 5.70 Å². The molecule has 0 amide bonds. The molecule has 2 unspecified atom stereocenters. The summed E-state index contributed by atoms with van der Waals surface area (Å²) in [5, 5.41) is 19.0. The minimum Gasteiger partial charge on any atom is -0.595 e. The summed E-state index contributed by atoms with van der Waals surface area (Å²) in [6, 6.07) is 0. The van der Waals surface area contributed by atoms with Crippen molar-refractivity contribution in [2.75, 3.05) is 0 Å². The Morgan fingerprint density at radius 2 is 2.23 bits per heavy atom. The molecule has 13 heavy (non-hydrogen) atoms. The largest absolute Gasteiger partial charge is 0.595 e. The molecule has 0 aromatic rings. The molecule has 3 nitrogen and oxygen atoms in total.